The Bertz CT molecular complexity index is 1060. The van der Waals surface area contributed by atoms with Gasteiger partial charge in [0, 0.05) is 36.1 Å². The van der Waals surface area contributed by atoms with Gasteiger partial charge in [-0.15, -0.1) is 0 Å². The van der Waals surface area contributed by atoms with E-state index in [1.54, 1.807) is 14.2 Å². The van der Waals surface area contributed by atoms with Crippen molar-refractivity contribution in [3.8, 4) is 11.5 Å². The number of para-hydroxylation sites is 1. The molecule has 1 aliphatic heterocycles. The van der Waals surface area contributed by atoms with Gasteiger partial charge in [0.15, 0.2) is 11.5 Å². The van der Waals surface area contributed by atoms with Crippen LogP contribution in [0.25, 0.3) is 11.0 Å². The van der Waals surface area contributed by atoms with Crippen LogP contribution in [0.4, 0.5) is 0 Å². The summed E-state index contributed by atoms with van der Waals surface area (Å²) in [6, 6.07) is 11.8. The second-order valence-electron chi connectivity index (χ2n) is 8.03. The van der Waals surface area contributed by atoms with Crippen molar-refractivity contribution < 1.29 is 18.7 Å². The molecule has 2 heterocycles. The molecule has 0 fully saturated rings. The van der Waals surface area contributed by atoms with Crippen LogP contribution in [0.1, 0.15) is 27.9 Å². The molecule has 0 aliphatic carbocycles. The maximum atomic E-state index is 13.0. The van der Waals surface area contributed by atoms with Gasteiger partial charge in [0.2, 0.25) is 0 Å². The number of hydrogen-bond acceptors (Lipinski definition) is 5. The largest absolute Gasteiger partial charge is 0.493 e. The summed E-state index contributed by atoms with van der Waals surface area (Å²) in [7, 11) is 5.37. The molecule has 6 heteroatoms. The van der Waals surface area contributed by atoms with E-state index in [0.29, 0.717) is 18.0 Å². The van der Waals surface area contributed by atoms with E-state index in [9.17, 15) is 4.79 Å². The van der Waals surface area contributed by atoms with E-state index in [0.717, 1.165) is 55.6 Å². The first-order valence-corrected chi connectivity index (χ1v) is 10.8. The average Bonchev–Trinajstić information content (AvgIpc) is 3.21. The first kappa shape index (κ1) is 21.2. The Labute approximate surface area is 183 Å². The van der Waals surface area contributed by atoms with Crippen molar-refractivity contribution in [2.45, 2.75) is 19.3 Å². The van der Waals surface area contributed by atoms with Gasteiger partial charge in [0.1, 0.15) is 5.58 Å². The van der Waals surface area contributed by atoms with E-state index in [1.165, 1.54) is 10.9 Å². The van der Waals surface area contributed by atoms with Gasteiger partial charge in [-0.1, -0.05) is 18.2 Å². The first-order chi connectivity index (χ1) is 15.1. The van der Waals surface area contributed by atoms with Gasteiger partial charge < -0.3 is 23.7 Å². The van der Waals surface area contributed by atoms with Gasteiger partial charge in [0.25, 0.3) is 5.91 Å². The van der Waals surface area contributed by atoms with Crippen LogP contribution in [0.5, 0.6) is 11.5 Å². The number of carbonyl (C=O) groups excluding carboxylic acids is 1. The van der Waals surface area contributed by atoms with E-state index in [4.69, 9.17) is 13.9 Å². The summed E-state index contributed by atoms with van der Waals surface area (Å²) in [5.41, 5.74) is 3.87. The molecular formula is C25H30N2O4. The zero-order valence-electron chi connectivity index (χ0n) is 18.5. The van der Waals surface area contributed by atoms with E-state index in [-0.39, 0.29) is 5.91 Å². The summed E-state index contributed by atoms with van der Waals surface area (Å²) < 4.78 is 16.5. The van der Waals surface area contributed by atoms with Crippen LogP contribution in [-0.2, 0) is 12.8 Å². The van der Waals surface area contributed by atoms with Crippen LogP contribution >= 0.6 is 0 Å². The predicted octanol–water partition coefficient (Wildman–Crippen LogP) is 4.01. The summed E-state index contributed by atoms with van der Waals surface area (Å²) in [6.07, 6.45) is 4.54. The molecule has 3 aromatic rings. The number of furan rings is 1. The van der Waals surface area contributed by atoms with Crippen molar-refractivity contribution in [3.05, 3.63) is 59.4 Å². The number of methoxy groups -OCH3 is 2. The molecular weight excluding hydrogens is 392 g/mol. The van der Waals surface area contributed by atoms with Crippen molar-refractivity contribution in [2.24, 2.45) is 0 Å². The minimum atomic E-state index is 0.0784. The zero-order valence-corrected chi connectivity index (χ0v) is 18.5. The van der Waals surface area contributed by atoms with Gasteiger partial charge in [-0.3, -0.25) is 4.79 Å². The third-order valence-electron chi connectivity index (χ3n) is 6.09. The summed E-state index contributed by atoms with van der Waals surface area (Å²) in [5, 5.41) is 1.19. The molecule has 1 aliphatic rings. The number of rotatable bonds is 9. The quantitative estimate of drug-likeness (QED) is 0.521. The van der Waals surface area contributed by atoms with E-state index < -0.39 is 0 Å². The van der Waals surface area contributed by atoms with E-state index >= 15 is 0 Å². The summed E-state index contributed by atoms with van der Waals surface area (Å²) in [4.78, 5) is 17.2. The fourth-order valence-electron chi connectivity index (χ4n) is 4.35. The molecule has 164 valence electrons. The number of likely N-dealkylation sites (N-methyl/N-ethyl adjacent to an activating group) is 1. The smallest absolute Gasteiger partial charge is 0.254 e. The molecule has 0 unspecified atom stereocenters. The zero-order chi connectivity index (χ0) is 21.8. The van der Waals surface area contributed by atoms with Crippen LogP contribution in [0, 0.1) is 0 Å². The number of ether oxygens (including phenoxy) is 2. The lowest BCUT2D eigenvalue weighted by Gasteiger charge is -2.30. The number of amides is 1. The lowest BCUT2D eigenvalue weighted by atomic mass is 9.97. The third-order valence-corrected chi connectivity index (χ3v) is 6.09. The SMILES string of the molecule is COc1ccc2c(c1OC)CCN(CCCN(C)CCc1coc3ccccc13)C2=O. The highest BCUT2D eigenvalue weighted by Gasteiger charge is 2.28. The second kappa shape index (κ2) is 9.43. The molecule has 0 saturated heterocycles. The van der Waals surface area contributed by atoms with Gasteiger partial charge in [-0.25, -0.2) is 0 Å². The maximum absolute atomic E-state index is 13.0. The summed E-state index contributed by atoms with van der Waals surface area (Å²) in [6.45, 7) is 3.36. The maximum Gasteiger partial charge on any atom is 0.254 e. The molecule has 0 bridgehead atoms. The molecule has 1 aromatic heterocycles. The molecule has 2 aromatic carbocycles. The average molecular weight is 423 g/mol. The fourth-order valence-corrected chi connectivity index (χ4v) is 4.35. The molecule has 0 atom stereocenters. The number of nitrogens with zero attached hydrogens (tertiary/aromatic N) is 2. The highest BCUT2D eigenvalue weighted by molar-refractivity contribution is 5.97. The van der Waals surface area contributed by atoms with Crippen LogP contribution in [0.15, 0.2) is 47.1 Å². The molecule has 6 nitrogen and oxygen atoms in total. The molecule has 0 radical (unpaired) electrons. The van der Waals surface area contributed by atoms with Gasteiger partial charge >= 0.3 is 0 Å². The molecule has 4 rings (SSSR count). The summed E-state index contributed by atoms with van der Waals surface area (Å²) in [5.74, 6) is 1.43. The number of fused-ring (bicyclic) bond motifs is 2. The minimum absolute atomic E-state index is 0.0784. The topological polar surface area (TPSA) is 55.2 Å². The van der Waals surface area contributed by atoms with Crippen LogP contribution in [-0.4, -0.2) is 63.2 Å². The summed E-state index contributed by atoms with van der Waals surface area (Å²) >= 11 is 0. The Morgan fingerprint density at radius 1 is 1.10 bits per heavy atom. The highest BCUT2D eigenvalue weighted by Crippen LogP contribution is 2.36. The molecule has 31 heavy (non-hydrogen) atoms. The molecule has 1 amide bonds. The molecule has 0 saturated carbocycles. The molecule has 0 N–H and O–H groups in total. The standard InChI is InChI=1S/C25H30N2O4/c1-26(15-11-18-17-31-22-8-5-4-7-19(18)22)13-6-14-27-16-12-20-21(25(27)28)9-10-23(29-2)24(20)30-3/h4-5,7-10,17H,6,11-16H2,1-3H3. The van der Waals surface area contributed by atoms with Gasteiger partial charge in [-0.05, 0) is 56.6 Å². The fraction of sp³-hybridized carbons (Fsp3) is 0.400. The number of carbonyl (C=O) groups is 1. The lowest BCUT2D eigenvalue weighted by molar-refractivity contribution is 0.0731. The predicted molar refractivity (Wildman–Crippen MR) is 121 cm³/mol. The monoisotopic (exact) mass is 422 g/mol. The van der Waals surface area contributed by atoms with Crippen LogP contribution in [0.2, 0.25) is 0 Å². The van der Waals surface area contributed by atoms with Crippen molar-refractivity contribution in [2.75, 3.05) is 47.4 Å². The van der Waals surface area contributed by atoms with Crippen molar-refractivity contribution >= 4 is 16.9 Å². The van der Waals surface area contributed by atoms with Crippen molar-refractivity contribution in [1.29, 1.82) is 0 Å². The number of hydrogen-bond donors (Lipinski definition) is 0. The van der Waals surface area contributed by atoms with Gasteiger partial charge in [-0.2, -0.15) is 0 Å². The number of benzene rings is 2. The van der Waals surface area contributed by atoms with E-state index in [2.05, 4.69) is 18.0 Å². The van der Waals surface area contributed by atoms with Crippen LogP contribution < -0.4 is 9.47 Å². The van der Waals surface area contributed by atoms with Crippen LogP contribution in [0.3, 0.4) is 0 Å². The third kappa shape index (κ3) is 4.39. The Hall–Kier alpha value is -2.99. The second-order valence-corrected chi connectivity index (χ2v) is 8.03. The highest BCUT2D eigenvalue weighted by atomic mass is 16.5. The Morgan fingerprint density at radius 3 is 2.74 bits per heavy atom. The minimum Gasteiger partial charge on any atom is -0.493 e. The van der Waals surface area contributed by atoms with Crippen molar-refractivity contribution in [3.63, 3.8) is 0 Å². The van der Waals surface area contributed by atoms with Gasteiger partial charge in [0.05, 0.1) is 20.5 Å². The van der Waals surface area contributed by atoms with E-state index in [1.807, 2.05) is 41.5 Å². The van der Waals surface area contributed by atoms with Crippen molar-refractivity contribution in [1.82, 2.24) is 9.80 Å². The molecule has 0 spiro atoms. The Balaban J connectivity index is 1.28. The Kier molecular flexibility index (Phi) is 6.47. The normalized spacial score (nSPS) is 13.7. The first-order valence-electron chi connectivity index (χ1n) is 10.8. The Morgan fingerprint density at radius 2 is 1.94 bits per heavy atom. The lowest BCUT2D eigenvalue weighted by Crippen LogP contribution is -2.39.